The standard InChI is InChI=1S/C14H19N5O2/c1-4-10(8-15)6-5-7-19-13(20)11-12(16-9-17(11)2)18(3)14(19)21/h4,8-9,15H,5-7H2,1-3H3/b10-4-,15-8?. The maximum Gasteiger partial charge on any atom is 0.332 e. The molecule has 0 fully saturated rings. The molecule has 0 saturated heterocycles. The maximum atomic E-state index is 12.4. The summed E-state index contributed by atoms with van der Waals surface area (Å²) in [4.78, 5) is 28.8. The first-order chi connectivity index (χ1) is 10.0. The maximum absolute atomic E-state index is 12.4. The van der Waals surface area contributed by atoms with Crippen molar-refractivity contribution in [2.24, 2.45) is 14.1 Å². The van der Waals surface area contributed by atoms with E-state index in [1.165, 1.54) is 21.7 Å². The number of fused-ring (bicyclic) bond motifs is 1. The van der Waals surface area contributed by atoms with Crippen LogP contribution in [0.15, 0.2) is 27.6 Å². The van der Waals surface area contributed by atoms with E-state index in [9.17, 15) is 9.59 Å². The van der Waals surface area contributed by atoms with Gasteiger partial charge in [-0.3, -0.25) is 13.9 Å². The predicted octanol–water partition coefficient (Wildman–Crippen LogP) is 0.810. The molecule has 0 spiro atoms. The highest BCUT2D eigenvalue weighted by Gasteiger charge is 2.14. The van der Waals surface area contributed by atoms with Crippen LogP contribution in [0.2, 0.25) is 0 Å². The number of allylic oxidation sites excluding steroid dienone is 2. The van der Waals surface area contributed by atoms with Gasteiger partial charge in [-0.05, 0) is 25.3 Å². The first kappa shape index (κ1) is 15.0. The van der Waals surface area contributed by atoms with E-state index >= 15 is 0 Å². The molecule has 0 aromatic carbocycles. The monoisotopic (exact) mass is 289 g/mol. The summed E-state index contributed by atoms with van der Waals surface area (Å²) in [5, 5.41) is 7.24. The zero-order chi connectivity index (χ0) is 15.6. The Balaban J connectivity index is 2.41. The van der Waals surface area contributed by atoms with E-state index in [1.54, 1.807) is 18.7 Å². The van der Waals surface area contributed by atoms with Crippen LogP contribution < -0.4 is 11.2 Å². The molecule has 0 saturated carbocycles. The minimum Gasteiger partial charge on any atom is -0.328 e. The Labute approximate surface area is 121 Å². The topological polar surface area (TPSA) is 85.7 Å². The summed E-state index contributed by atoms with van der Waals surface area (Å²) >= 11 is 0. The summed E-state index contributed by atoms with van der Waals surface area (Å²) in [5.74, 6) is 0. The molecule has 0 bridgehead atoms. The molecule has 0 unspecified atom stereocenters. The number of aromatic nitrogens is 4. The van der Waals surface area contributed by atoms with Gasteiger partial charge in [-0.15, -0.1) is 0 Å². The van der Waals surface area contributed by atoms with Gasteiger partial charge in [0.1, 0.15) is 0 Å². The molecule has 0 amide bonds. The van der Waals surface area contributed by atoms with Crippen molar-refractivity contribution < 1.29 is 0 Å². The van der Waals surface area contributed by atoms with Crippen LogP contribution in [0.25, 0.3) is 11.2 Å². The van der Waals surface area contributed by atoms with Crippen molar-refractivity contribution in [2.45, 2.75) is 26.3 Å². The molecule has 0 atom stereocenters. The Bertz CT molecular complexity index is 822. The van der Waals surface area contributed by atoms with Gasteiger partial charge >= 0.3 is 5.69 Å². The van der Waals surface area contributed by atoms with E-state index in [1.807, 2.05) is 13.0 Å². The van der Waals surface area contributed by atoms with Gasteiger partial charge in [0, 0.05) is 26.9 Å². The van der Waals surface area contributed by atoms with Crippen LogP contribution in [0.1, 0.15) is 19.8 Å². The fourth-order valence-electron chi connectivity index (χ4n) is 2.33. The second kappa shape index (κ2) is 5.90. The molecule has 2 heterocycles. The molecule has 7 heteroatoms. The minimum atomic E-state index is -0.358. The van der Waals surface area contributed by atoms with E-state index in [-0.39, 0.29) is 11.2 Å². The van der Waals surface area contributed by atoms with E-state index in [0.29, 0.717) is 30.6 Å². The fraction of sp³-hybridized carbons (Fsp3) is 0.429. The zero-order valence-electron chi connectivity index (χ0n) is 12.5. The zero-order valence-corrected chi connectivity index (χ0v) is 12.5. The second-order valence-electron chi connectivity index (χ2n) is 4.94. The molecule has 2 aromatic rings. The van der Waals surface area contributed by atoms with Gasteiger partial charge in [0.15, 0.2) is 11.2 Å². The van der Waals surface area contributed by atoms with Gasteiger partial charge < -0.3 is 9.98 Å². The summed E-state index contributed by atoms with van der Waals surface area (Å²) < 4.78 is 4.26. The SMILES string of the molecule is C/C=C(\C=N)CCCn1c(=O)c2c(ncn2C)n(C)c1=O. The molecule has 2 rings (SSSR count). The third-order valence-electron chi connectivity index (χ3n) is 3.60. The lowest BCUT2D eigenvalue weighted by Gasteiger charge is -2.08. The Hall–Kier alpha value is -2.44. The van der Waals surface area contributed by atoms with Gasteiger partial charge in [-0.1, -0.05) is 6.08 Å². The Kier molecular flexibility index (Phi) is 4.21. The molecule has 2 aromatic heterocycles. The predicted molar refractivity (Wildman–Crippen MR) is 82.0 cm³/mol. The quantitative estimate of drug-likeness (QED) is 0.826. The number of nitrogens with one attached hydrogen (secondary N) is 1. The highest BCUT2D eigenvalue weighted by atomic mass is 16.2. The summed E-state index contributed by atoms with van der Waals surface area (Å²) in [6, 6.07) is 0. The van der Waals surface area contributed by atoms with Gasteiger partial charge in [-0.2, -0.15) is 0 Å². The number of hydrogen-bond acceptors (Lipinski definition) is 4. The molecular formula is C14H19N5O2. The minimum absolute atomic E-state index is 0.315. The van der Waals surface area contributed by atoms with Crippen molar-refractivity contribution >= 4 is 17.4 Å². The largest absolute Gasteiger partial charge is 0.332 e. The van der Waals surface area contributed by atoms with Crippen LogP contribution in [0.4, 0.5) is 0 Å². The van der Waals surface area contributed by atoms with Crippen molar-refractivity contribution in [3.63, 3.8) is 0 Å². The van der Waals surface area contributed by atoms with Crippen LogP contribution in [-0.4, -0.2) is 24.9 Å². The van der Waals surface area contributed by atoms with E-state index in [0.717, 1.165) is 5.57 Å². The first-order valence-corrected chi connectivity index (χ1v) is 6.77. The van der Waals surface area contributed by atoms with Crippen molar-refractivity contribution in [1.29, 1.82) is 5.41 Å². The third-order valence-corrected chi connectivity index (χ3v) is 3.60. The first-order valence-electron chi connectivity index (χ1n) is 6.77. The lowest BCUT2D eigenvalue weighted by atomic mass is 10.1. The Morgan fingerprint density at radius 3 is 2.71 bits per heavy atom. The number of aryl methyl sites for hydroxylation is 2. The molecule has 21 heavy (non-hydrogen) atoms. The molecule has 1 N–H and O–H groups in total. The average Bonchev–Trinajstić information content (AvgIpc) is 2.86. The number of imidazole rings is 1. The summed E-state index contributed by atoms with van der Waals surface area (Å²) in [6.45, 7) is 2.20. The molecule has 112 valence electrons. The number of nitrogens with zero attached hydrogens (tertiary/aromatic N) is 4. The Morgan fingerprint density at radius 1 is 1.38 bits per heavy atom. The smallest absolute Gasteiger partial charge is 0.328 e. The van der Waals surface area contributed by atoms with Crippen LogP contribution in [0, 0.1) is 5.41 Å². The Morgan fingerprint density at radius 2 is 2.10 bits per heavy atom. The van der Waals surface area contributed by atoms with Gasteiger partial charge in [0.25, 0.3) is 5.56 Å². The van der Waals surface area contributed by atoms with Crippen molar-refractivity contribution in [1.82, 2.24) is 18.7 Å². The van der Waals surface area contributed by atoms with Crippen molar-refractivity contribution in [3.05, 3.63) is 38.8 Å². The normalized spacial score (nSPS) is 12.0. The second-order valence-corrected chi connectivity index (χ2v) is 4.94. The van der Waals surface area contributed by atoms with Crippen LogP contribution >= 0.6 is 0 Å². The summed E-state index contributed by atoms with van der Waals surface area (Å²) in [5.41, 5.74) is 1.04. The number of rotatable bonds is 5. The van der Waals surface area contributed by atoms with Gasteiger partial charge in [-0.25, -0.2) is 9.78 Å². The molecule has 0 aliphatic heterocycles. The van der Waals surface area contributed by atoms with E-state index < -0.39 is 0 Å². The van der Waals surface area contributed by atoms with Crippen LogP contribution in [0.3, 0.4) is 0 Å². The van der Waals surface area contributed by atoms with Crippen molar-refractivity contribution in [2.75, 3.05) is 0 Å². The highest BCUT2D eigenvalue weighted by Crippen LogP contribution is 2.05. The third kappa shape index (κ3) is 2.58. The number of hydrogen-bond donors (Lipinski definition) is 1. The lowest BCUT2D eigenvalue weighted by molar-refractivity contribution is 0.573. The van der Waals surface area contributed by atoms with Crippen LogP contribution in [0.5, 0.6) is 0 Å². The van der Waals surface area contributed by atoms with Gasteiger partial charge in [0.2, 0.25) is 0 Å². The molecule has 0 aliphatic rings. The summed E-state index contributed by atoms with van der Waals surface area (Å²) in [7, 11) is 3.35. The average molecular weight is 289 g/mol. The molecule has 0 radical (unpaired) electrons. The molecular weight excluding hydrogens is 270 g/mol. The van der Waals surface area contributed by atoms with Crippen molar-refractivity contribution in [3.8, 4) is 0 Å². The molecule has 7 nitrogen and oxygen atoms in total. The molecule has 0 aliphatic carbocycles. The lowest BCUT2D eigenvalue weighted by Crippen LogP contribution is -2.39. The van der Waals surface area contributed by atoms with Crippen LogP contribution in [-0.2, 0) is 20.6 Å². The fourth-order valence-corrected chi connectivity index (χ4v) is 2.33. The van der Waals surface area contributed by atoms with Gasteiger partial charge in [0.05, 0.1) is 6.33 Å². The summed E-state index contributed by atoms with van der Waals surface area (Å²) in [6.07, 6.45) is 5.98. The van der Waals surface area contributed by atoms with E-state index in [2.05, 4.69) is 4.98 Å². The highest BCUT2D eigenvalue weighted by molar-refractivity contribution is 5.75. The van der Waals surface area contributed by atoms with E-state index in [4.69, 9.17) is 5.41 Å².